The zero-order valence-electron chi connectivity index (χ0n) is 21.7. The number of nitrogens with zero attached hydrogens (tertiary/aromatic N) is 4. The average Bonchev–Trinajstić information content (AvgIpc) is 3.64. The van der Waals surface area contributed by atoms with Crippen molar-refractivity contribution in [3.05, 3.63) is 24.0 Å². The van der Waals surface area contributed by atoms with Gasteiger partial charge in [0.25, 0.3) is 5.91 Å². The summed E-state index contributed by atoms with van der Waals surface area (Å²) in [6.07, 6.45) is 4.78. The molecule has 1 aliphatic carbocycles. The van der Waals surface area contributed by atoms with Crippen molar-refractivity contribution in [3.8, 4) is 5.75 Å². The number of carbonyl (C=O) groups is 2. The zero-order chi connectivity index (χ0) is 25.9. The van der Waals surface area contributed by atoms with Gasteiger partial charge in [0.15, 0.2) is 6.10 Å². The van der Waals surface area contributed by atoms with Crippen LogP contribution < -0.4 is 0 Å². The number of methoxy groups -OCH3 is 1. The smallest absolute Gasteiger partial charge is 0.410 e. The number of hydrogen-bond acceptors (Lipinski definition) is 7. The number of carbonyl (C=O) groups excluding carboxylic acids is 2. The molecule has 4 rings (SSSR count). The molecule has 2 aliphatic rings. The number of hydrogen-bond donors (Lipinski definition) is 1. The van der Waals surface area contributed by atoms with E-state index in [1.165, 1.54) is 4.90 Å². The zero-order valence-corrected chi connectivity index (χ0v) is 20.7. The maximum absolute atomic E-state index is 13.6. The molecule has 2 aromatic rings. The molecule has 1 saturated heterocycles. The fourth-order valence-corrected chi connectivity index (χ4v) is 4.36. The van der Waals surface area contributed by atoms with Crippen LogP contribution in [0.15, 0.2) is 18.5 Å². The number of aromatic nitrogens is 2. The molecule has 2 amide bonds. The summed E-state index contributed by atoms with van der Waals surface area (Å²) in [5, 5.41) is 11.3. The maximum Gasteiger partial charge on any atom is 0.410 e. The Morgan fingerprint density at radius 3 is 2.91 bits per heavy atom. The van der Waals surface area contributed by atoms with Gasteiger partial charge in [0.2, 0.25) is 0 Å². The topological polar surface area (TPSA) is 106 Å². The van der Waals surface area contributed by atoms with Crippen molar-refractivity contribution in [1.29, 1.82) is 0 Å². The summed E-state index contributed by atoms with van der Waals surface area (Å²) in [4.78, 5) is 34.0. The highest BCUT2D eigenvalue weighted by Crippen LogP contribution is 2.34. The second-order valence-electron chi connectivity index (χ2n) is 9.85. The van der Waals surface area contributed by atoms with E-state index in [4.69, 9.17) is 15.6 Å². The Kier molecular flexibility index (Phi) is 7.10. The van der Waals surface area contributed by atoms with E-state index in [2.05, 4.69) is 4.98 Å². The van der Waals surface area contributed by atoms with Crippen LogP contribution in [0.25, 0.3) is 11.0 Å². The summed E-state index contributed by atoms with van der Waals surface area (Å²) in [5.41, 5.74) is 0.587. The third-order valence-electron chi connectivity index (χ3n) is 6.14. The van der Waals surface area contributed by atoms with E-state index in [9.17, 15) is 14.7 Å². The fraction of sp³-hybridized carbons (Fsp3) is 0.640. The summed E-state index contributed by atoms with van der Waals surface area (Å²) in [6.45, 7) is 5.57. The SMILES string of the molecule is [2H]CC(C)(C)OC(=O)N1CCOC(C(=O)N(Cc2cn(CCCOC)c3nccc(O)c23)C2CC2)C1. The maximum atomic E-state index is 13.6. The molecular formula is C25H36N4O6. The van der Waals surface area contributed by atoms with Gasteiger partial charge in [-0.25, -0.2) is 9.78 Å². The van der Waals surface area contributed by atoms with Crippen molar-refractivity contribution in [2.75, 3.05) is 33.4 Å². The fourth-order valence-electron chi connectivity index (χ4n) is 4.36. The van der Waals surface area contributed by atoms with Crippen molar-refractivity contribution >= 4 is 23.0 Å². The van der Waals surface area contributed by atoms with Crippen LogP contribution in [0.4, 0.5) is 4.79 Å². The molecule has 1 saturated carbocycles. The number of ether oxygens (including phenoxy) is 3. The van der Waals surface area contributed by atoms with Gasteiger partial charge in [0.05, 0.1) is 18.5 Å². The van der Waals surface area contributed by atoms with E-state index >= 15 is 0 Å². The first-order valence-corrected chi connectivity index (χ1v) is 12.1. The molecule has 0 aromatic carbocycles. The molecule has 0 radical (unpaired) electrons. The van der Waals surface area contributed by atoms with Gasteiger partial charge < -0.3 is 33.7 Å². The number of pyridine rings is 1. The van der Waals surface area contributed by atoms with E-state index in [0.29, 0.717) is 37.3 Å². The van der Waals surface area contributed by atoms with Crippen LogP contribution in [0.2, 0.25) is 0 Å². The largest absolute Gasteiger partial charge is 0.507 e. The van der Waals surface area contributed by atoms with Crippen LogP contribution >= 0.6 is 0 Å². The van der Waals surface area contributed by atoms with Gasteiger partial charge >= 0.3 is 6.09 Å². The third-order valence-corrected chi connectivity index (χ3v) is 6.14. The molecule has 2 fully saturated rings. The summed E-state index contributed by atoms with van der Waals surface area (Å²) >= 11 is 0. The monoisotopic (exact) mass is 489 g/mol. The van der Waals surface area contributed by atoms with Crippen molar-refractivity contribution < 1.29 is 30.3 Å². The Hall–Kier alpha value is -2.85. The summed E-state index contributed by atoms with van der Waals surface area (Å²) in [7, 11) is 1.66. The molecule has 1 unspecified atom stereocenters. The molecule has 192 valence electrons. The quantitative estimate of drug-likeness (QED) is 0.568. The van der Waals surface area contributed by atoms with Gasteiger partial charge in [-0.2, -0.15) is 0 Å². The lowest BCUT2D eigenvalue weighted by atomic mass is 10.1. The second-order valence-corrected chi connectivity index (χ2v) is 9.85. The number of aryl methyl sites for hydroxylation is 1. The van der Waals surface area contributed by atoms with Crippen molar-refractivity contribution in [1.82, 2.24) is 19.4 Å². The Balaban J connectivity index is 1.52. The first-order valence-electron chi connectivity index (χ1n) is 12.8. The van der Waals surface area contributed by atoms with Gasteiger partial charge in [-0.1, -0.05) is 0 Å². The Labute approximate surface area is 207 Å². The molecule has 0 spiro atoms. The minimum Gasteiger partial charge on any atom is -0.507 e. The highest BCUT2D eigenvalue weighted by atomic mass is 16.6. The van der Waals surface area contributed by atoms with Gasteiger partial charge in [0.1, 0.15) is 17.0 Å². The summed E-state index contributed by atoms with van der Waals surface area (Å²) < 4.78 is 26.0. The van der Waals surface area contributed by atoms with Crippen LogP contribution in [0, 0.1) is 0 Å². The molecule has 3 heterocycles. The number of rotatable bonds is 8. The number of amides is 2. The Morgan fingerprint density at radius 1 is 1.40 bits per heavy atom. The lowest BCUT2D eigenvalue weighted by Crippen LogP contribution is -2.53. The molecule has 35 heavy (non-hydrogen) atoms. The highest BCUT2D eigenvalue weighted by molar-refractivity contribution is 5.88. The molecule has 0 bridgehead atoms. The van der Waals surface area contributed by atoms with E-state index in [1.54, 1.807) is 38.1 Å². The molecule has 1 aliphatic heterocycles. The predicted octanol–water partition coefficient (Wildman–Crippen LogP) is 2.91. The van der Waals surface area contributed by atoms with Gasteiger partial charge in [-0.3, -0.25) is 4.79 Å². The van der Waals surface area contributed by atoms with Crippen LogP contribution in [0.5, 0.6) is 5.75 Å². The van der Waals surface area contributed by atoms with Crippen molar-refractivity contribution in [2.45, 2.75) is 70.8 Å². The second kappa shape index (κ2) is 10.4. The lowest BCUT2D eigenvalue weighted by Gasteiger charge is -2.35. The predicted molar refractivity (Wildman–Crippen MR) is 129 cm³/mol. The summed E-state index contributed by atoms with van der Waals surface area (Å²) in [5.74, 6) is -0.0538. The average molecular weight is 490 g/mol. The van der Waals surface area contributed by atoms with Crippen molar-refractivity contribution in [2.24, 2.45) is 0 Å². The van der Waals surface area contributed by atoms with E-state index in [1.807, 2.05) is 10.8 Å². The molecule has 10 nitrogen and oxygen atoms in total. The molecule has 10 heteroatoms. The Morgan fingerprint density at radius 2 is 2.20 bits per heavy atom. The van der Waals surface area contributed by atoms with Gasteiger partial charge in [-0.05, 0) is 46.1 Å². The van der Waals surface area contributed by atoms with Gasteiger partial charge in [0, 0.05) is 58.7 Å². The lowest BCUT2D eigenvalue weighted by molar-refractivity contribution is -0.150. The minimum atomic E-state index is -0.900. The first-order chi connectivity index (χ1) is 17.2. The highest BCUT2D eigenvalue weighted by Gasteiger charge is 2.40. The van der Waals surface area contributed by atoms with E-state index in [-0.39, 0.29) is 37.7 Å². The molecule has 1 atom stereocenters. The van der Waals surface area contributed by atoms with Crippen LogP contribution in [-0.2, 0) is 32.1 Å². The minimum absolute atomic E-state index is 0.0539. The third kappa shape index (κ3) is 6.05. The summed E-state index contributed by atoms with van der Waals surface area (Å²) in [6, 6.07) is 1.65. The first kappa shape index (κ1) is 23.9. The van der Waals surface area contributed by atoms with Crippen LogP contribution in [-0.4, -0.2) is 87.6 Å². The molecule has 1 N–H and O–H groups in total. The molecule has 2 aromatic heterocycles. The van der Waals surface area contributed by atoms with E-state index < -0.39 is 17.8 Å². The number of fused-ring (bicyclic) bond motifs is 1. The number of aromatic hydroxyl groups is 1. The van der Waals surface area contributed by atoms with Crippen LogP contribution in [0.3, 0.4) is 0 Å². The van der Waals surface area contributed by atoms with E-state index in [0.717, 1.165) is 24.8 Å². The van der Waals surface area contributed by atoms with Crippen LogP contribution in [0.1, 0.15) is 46.9 Å². The van der Waals surface area contributed by atoms with Crippen molar-refractivity contribution in [3.63, 3.8) is 0 Å². The normalized spacial score (nSPS) is 19.0. The Bertz CT molecular complexity index is 1090. The molecular weight excluding hydrogens is 452 g/mol. The van der Waals surface area contributed by atoms with Gasteiger partial charge in [-0.15, -0.1) is 0 Å². The number of morpholine rings is 1. The standard InChI is InChI=1S/C25H36N4O6/c1-25(2,3)35-24(32)28-11-13-34-20(16-28)23(31)29(18-6-7-18)15-17-14-27(10-5-12-33-4)22-21(17)19(30)8-9-26-22/h8-9,14,18,20H,5-7,10-13,15-16H2,1-4H3,(H,26,30)/i1D.